The molecule has 9 heteroatoms. The molecule has 6 nitrogen and oxygen atoms in total. The Morgan fingerprint density at radius 1 is 1.15 bits per heavy atom. The number of hydrogen-bond donors (Lipinski definition) is 3. The van der Waals surface area contributed by atoms with E-state index in [0.717, 1.165) is 0 Å². The molecule has 0 radical (unpaired) electrons. The number of para-hydroxylation sites is 1. The van der Waals surface area contributed by atoms with Gasteiger partial charge in [-0.1, -0.05) is 12.1 Å². The highest BCUT2D eigenvalue weighted by molar-refractivity contribution is 6.06. The molecule has 0 aromatic heterocycles. The van der Waals surface area contributed by atoms with Gasteiger partial charge in [0, 0.05) is 29.8 Å². The van der Waals surface area contributed by atoms with Crippen LogP contribution in [0.3, 0.4) is 0 Å². The number of amides is 2. The van der Waals surface area contributed by atoms with Crippen molar-refractivity contribution in [3.05, 3.63) is 58.9 Å². The van der Waals surface area contributed by atoms with Crippen LogP contribution < -0.4 is 15.4 Å². The summed E-state index contributed by atoms with van der Waals surface area (Å²) >= 11 is 0. The second-order valence-electron chi connectivity index (χ2n) is 5.57. The summed E-state index contributed by atoms with van der Waals surface area (Å²) in [5, 5.41) is 13.5. The molecule has 0 spiro atoms. The molecule has 0 fully saturated rings. The lowest BCUT2D eigenvalue weighted by Gasteiger charge is -2.27. The van der Waals surface area contributed by atoms with Crippen LogP contribution in [0.15, 0.2) is 30.3 Å². The van der Waals surface area contributed by atoms with Gasteiger partial charge in [-0.2, -0.15) is 0 Å². The number of carbonyl (C=O) groups is 2. The molecule has 1 aliphatic heterocycles. The van der Waals surface area contributed by atoms with E-state index >= 15 is 0 Å². The molecule has 1 atom stereocenters. The van der Waals surface area contributed by atoms with Gasteiger partial charge in [0.25, 0.3) is 5.91 Å². The fourth-order valence-corrected chi connectivity index (χ4v) is 2.73. The van der Waals surface area contributed by atoms with E-state index in [9.17, 15) is 22.8 Å². The third-order valence-electron chi connectivity index (χ3n) is 3.86. The van der Waals surface area contributed by atoms with Crippen LogP contribution in [0.5, 0.6) is 5.75 Å². The molecule has 2 aromatic carbocycles. The molecule has 1 heterocycles. The van der Waals surface area contributed by atoms with Gasteiger partial charge in [-0.15, -0.1) is 0 Å². The minimum Gasteiger partial charge on any atom is -0.492 e. The van der Waals surface area contributed by atoms with Gasteiger partial charge >= 0.3 is 6.09 Å². The summed E-state index contributed by atoms with van der Waals surface area (Å²) in [6.07, 6.45) is -0.825. The standard InChI is InChI=1S/C17H13F3N2O4/c18-11-6-8(7-12(19)14(11)20)21-16(23)10-3-1-2-9-13(22-17(24)25)4-5-26-15(9)10/h1-3,6-7,13,22H,4-5H2,(H,21,23)(H,24,25). The normalized spacial score (nSPS) is 15.6. The van der Waals surface area contributed by atoms with E-state index in [-0.39, 0.29) is 23.6 Å². The minimum atomic E-state index is -1.63. The van der Waals surface area contributed by atoms with Gasteiger partial charge in [0.05, 0.1) is 18.2 Å². The number of carbonyl (C=O) groups excluding carboxylic acids is 1. The van der Waals surface area contributed by atoms with Gasteiger partial charge in [0.15, 0.2) is 17.5 Å². The van der Waals surface area contributed by atoms with E-state index < -0.39 is 35.5 Å². The predicted molar refractivity (Wildman–Crippen MR) is 84.7 cm³/mol. The Morgan fingerprint density at radius 3 is 2.50 bits per heavy atom. The Hall–Kier alpha value is -3.23. The zero-order chi connectivity index (χ0) is 18.8. The topological polar surface area (TPSA) is 87.7 Å². The Bertz CT molecular complexity index is 865. The first kappa shape index (κ1) is 17.6. The van der Waals surface area contributed by atoms with Gasteiger partial charge in [0.1, 0.15) is 5.75 Å². The Balaban J connectivity index is 1.90. The van der Waals surface area contributed by atoms with Crippen molar-refractivity contribution in [2.75, 3.05) is 11.9 Å². The summed E-state index contributed by atoms with van der Waals surface area (Å²) < 4.78 is 45.1. The molecule has 26 heavy (non-hydrogen) atoms. The van der Waals surface area contributed by atoms with Crippen LogP contribution in [-0.4, -0.2) is 23.7 Å². The first-order valence-corrected chi connectivity index (χ1v) is 7.58. The van der Waals surface area contributed by atoms with E-state index in [1.165, 1.54) is 12.1 Å². The number of nitrogens with one attached hydrogen (secondary N) is 2. The molecule has 1 aliphatic rings. The largest absolute Gasteiger partial charge is 0.492 e. The summed E-state index contributed by atoms with van der Waals surface area (Å²) in [7, 11) is 0. The summed E-state index contributed by atoms with van der Waals surface area (Å²) in [4.78, 5) is 23.4. The molecule has 3 rings (SSSR count). The Labute approximate surface area is 145 Å². The first-order chi connectivity index (χ1) is 12.4. The van der Waals surface area contributed by atoms with Crippen molar-refractivity contribution in [2.24, 2.45) is 0 Å². The van der Waals surface area contributed by atoms with Crippen LogP contribution in [0.2, 0.25) is 0 Å². The van der Waals surface area contributed by atoms with Crippen LogP contribution in [0.25, 0.3) is 0 Å². The predicted octanol–water partition coefficient (Wildman–Crippen LogP) is 3.45. The molecule has 0 saturated carbocycles. The molecule has 0 bridgehead atoms. The van der Waals surface area contributed by atoms with Crippen molar-refractivity contribution >= 4 is 17.7 Å². The molecular weight excluding hydrogens is 353 g/mol. The number of hydrogen-bond acceptors (Lipinski definition) is 3. The Morgan fingerprint density at radius 2 is 1.85 bits per heavy atom. The van der Waals surface area contributed by atoms with Gasteiger partial charge in [-0.3, -0.25) is 4.79 Å². The van der Waals surface area contributed by atoms with E-state index in [1.54, 1.807) is 6.07 Å². The van der Waals surface area contributed by atoms with Crippen molar-refractivity contribution in [2.45, 2.75) is 12.5 Å². The molecule has 2 amide bonds. The summed E-state index contributed by atoms with van der Waals surface area (Å²) in [6, 6.07) is 5.33. The second-order valence-corrected chi connectivity index (χ2v) is 5.57. The van der Waals surface area contributed by atoms with Crippen LogP contribution >= 0.6 is 0 Å². The number of ether oxygens (including phenoxy) is 1. The third kappa shape index (κ3) is 3.41. The number of rotatable bonds is 3. The quantitative estimate of drug-likeness (QED) is 0.726. The number of fused-ring (bicyclic) bond motifs is 1. The highest BCUT2D eigenvalue weighted by Crippen LogP contribution is 2.35. The Kier molecular flexibility index (Phi) is 4.70. The van der Waals surface area contributed by atoms with Crippen molar-refractivity contribution in [1.29, 1.82) is 0 Å². The SMILES string of the molecule is O=C(O)NC1CCOc2c(C(=O)Nc3cc(F)c(F)c(F)c3)cccc21. The van der Waals surface area contributed by atoms with Crippen molar-refractivity contribution in [3.63, 3.8) is 0 Å². The lowest BCUT2D eigenvalue weighted by molar-refractivity contribution is 0.102. The van der Waals surface area contributed by atoms with Crippen LogP contribution in [0.1, 0.15) is 28.4 Å². The maximum atomic E-state index is 13.3. The molecule has 0 saturated heterocycles. The maximum Gasteiger partial charge on any atom is 0.405 e. The number of anilines is 1. The summed E-state index contributed by atoms with van der Waals surface area (Å²) in [6.45, 7) is 0.183. The minimum absolute atomic E-state index is 0.0598. The average Bonchev–Trinajstić information content (AvgIpc) is 2.59. The average molecular weight is 366 g/mol. The van der Waals surface area contributed by atoms with E-state index in [1.807, 2.05) is 0 Å². The zero-order valence-electron chi connectivity index (χ0n) is 13.2. The van der Waals surface area contributed by atoms with Crippen LogP contribution in [-0.2, 0) is 0 Å². The monoisotopic (exact) mass is 366 g/mol. The van der Waals surface area contributed by atoms with E-state index in [2.05, 4.69) is 10.6 Å². The first-order valence-electron chi connectivity index (χ1n) is 7.58. The molecule has 2 aromatic rings. The zero-order valence-corrected chi connectivity index (χ0v) is 13.2. The molecule has 3 N–H and O–H groups in total. The van der Waals surface area contributed by atoms with Gasteiger partial charge in [-0.05, 0) is 6.07 Å². The summed E-state index contributed by atoms with van der Waals surface area (Å²) in [5.74, 6) is -5.05. The van der Waals surface area contributed by atoms with Crippen LogP contribution in [0.4, 0.5) is 23.7 Å². The number of carboxylic acid groups (broad SMARTS) is 1. The van der Waals surface area contributed by atoms with Crippen molar-refractivity contribution in [1.82, 2.24) is 5.32 Å². The molecule has 0 aliphatic carbocycles. The smallest absolute Gasteiger partial charge is 0.405 e. The van der Waals surface area contributed by atoms with Gasteiger partial charge in [-0.25, -0.2) is 18.0 Å². The lowest BCUT2D eigenvalue weighted by atomic mass is 9.97. The fraction of sp³-hybridized carbons (Fsp3) is 0.176. The third-order valence-corrected chi connectivity index (χ3v) is 3.86. The summed E-state index contributed by atoms with van der Waals surface area (Å²) in [5.41, 5.74) is 0.271. The van der Waals surface area contributed by atoms with Gasteiger partial charge < -0.3 is 20.5 Å². The highest BCUT2D eigenvalue weighted by Gasteiger charge is 2.27. The van der Waals surface area contributed by atoms with E-state index in [0.29, 0.717) is 24.1 Å². The number of halogens is 3. The molecule has 1 unspecified atom stereocenters. The van der Waals surface area contributed by atoms with Gasteiger partial charge in [0.2, 0.25) is 0 Å². The van der Waals surface area contributed by atoms with Crippen molar-refractivity contribution < 1.29 is 32.6 Å². The van der Waals surface area contributed by atoms with E-state index in [4.69, 9.17) is 9.84 Å². The molecular formula is C17H13F3N2O4. The fourth-order valence-electron chi connectivity index (χ4n) is 2.73. The number of benzene rings is 2. The maximum absolute atomic E-state index is 13.3. The molecule has 136 valence electrons. The lowest BCUT2D eigenvalue weighted by Crippen LogP contribution is -2.31. The van der Waals surface area contributed by atoms with Crippen molar-refractivity contribution in [3.8, 4) is 5.75 Å². The highest BCUT2D eigenvalue weighted by atomic mass is 19.2. The van der Waals surface area contributed by atoms with Crippen LogP contribution in [0, 0.1) is 17.5 Å². The second kappa shape index (κ2) is 6.95.